The quantitative estimate of drug-likeness (QED) is 0.860. The highest BCUT2D eigenvalue weighted by Crippen LogP contribution is 2.20. The van der Waals surface area contributed by atoms with Crippen LogP contribution in [0.4, 0.5) is 5.82 Å². The lowest BCUT2D eigenvalue weighted by molar-refractivity contribution is 0.0525. The minimum absolute atomic E-state index is 0.345. The van der Waals surface area contributed by atoms with Gasteiger partial charge in [-0.15, -0.1) is 0 Å². The number of rotatable bonds is 4. The van der Waals surface area contributed by atoms with Gasteiger partial charge in [0.15, 0.2) is 0 Å². The molecule has 2 rings (SSSR count). The molecule has 1 aliphatic rings. The van der Waals surface area contributed by atoms with Gasteiger partial charge >= 0.3 is 0 Å². The highest BCUT2D eigenvalue weighted by atomic mass is 16.5. The molecule has 0 saturated carbocycles. The lowest BCUT2D eigenvalue weighted by Crippen LogP contribution is -2.40. The van der Waals surface area contributed by atoms with Gasteiger partial charge in [-0.05, 0) is 37.5 Å². The van der Waals surface area contributed by atoms with E-state index in [-0.39, 0.29) is 0 Å². The molecule has 0 aromatic carbocycles. The van der Waals surface area contributed by atoms with E-state index in [1.54, 1.807) is 0 Å². The summed E-state index contributed by atoms with van der Waals surface area (Å²) in [5.41, 5.74) is 6.79. The molecule has 1 saturated heterocycles. The summed E-state index contributed by atoms with van der Waals surface area (Å²) < 4.78 is 5.70. The number of hydrogen-bond acceptors (Lipinski definition) is 4. The van der Waals surface area contributed by atoms with Crippen LogP contribution < -0.4 is 10.6 Å². The Morgan fingerprint density at radius 3 is 3.24 bits per heavy atom. The molecule has 0 radical (unpaired) electrons. The number of nitrogens with zero attached hydrogens (tertiary/aromatic N) is 2. The van der Waals surface area contributed by atoms with Crippen molar-refractivity contribution in [3.8, 4) is 0 Å². The number of pyridine rings is 1. The van der Waals surface area contributed by atoms with Crippen LogP contribution in [0.1, 0.15) is 25.3 Å². The second-order valence-electron chi connectivity index (χ2n) is 4.39. The van der Waals surface area contributed by atoms with Crippen LogP contribution in [-0.2, 0) is 11.3 Å². The summed E-state index contributed by atoms with van der Waals surface area (Å²) in [5.74, 6) is 1.03. The van der Waals surface area contributed by atoms with Crippen LogP contribution in [0, 0.1) is 0 Å². The lowest BCUT2D eigenvalue weighted by Gasteiger charge is -2.33. The Balaban J connectivity index is 2.05. The van der Waals surface area contributed by atoms with Crippen molar-refractivity contribution in [2.45, 2.75) is 32.4 Å². The van der Waals surface area contributed by atoms with E-state index in [9.17, 15) is 0 Å². The fourth-order valence-electron chi connectivity index (χ4n) is 2.28. The molecule has 1 aromatic heterocycles. The molecule has 4 nitrogen and oxygen atoms in total. The van der Waals surface area contributed by atoms with E-state index in [4.69, 9.17) is 10.5 Å². The van der Waals surface area contributed by atoms with Crippen molar-refractivity contribution in [2.24, 2.45) is 5.73 Å². The smallest absolute Gasteiger partial charge is 0.128 e. The third-order valence-corrected chi connectivity index (χ3v) is 3.15. The zero-order valence-electron chi connectivity index (χ0n) is 10.4. The third-order valence-electron chi connectivity index (χ3n) is 3.15. The SMILES string of the molecule is CCOC1CCCN(c2cc(CN)ccn2)C1. The van der Waals surface area contributed by atoms with Gasteiger partial charge < -0.3 is 15.4 Å². The zero-order chi connectivity index (χ0) is 12.1. The Morgan fingerprint density at radius 2 is 2.47 bits per heavy atom. The van der Waals surface area contributed by atoms with E-state index in [0.29, 0.717) is 12.6 Å². The molecule has 2 N–H and O–H groups in total. The van der Waals surface area contributed by atoms with Crippen molar-refractivity contribution in [1.82, 2.24) is 4.98 Å². The molecule has 1 atom stereocenters. The van der Waals surface area contributed by atoms with Gasteiger partial charge in [-0.2, -0.15) is 0 Å². The first-order valence-electron chi connectivity index (χ1n) is 6.35. The first-order chi connectivity index (χ1) is 8.33. The topological polar surface area (TPSA) is 51.4 Å². The van der Waals surface area contributed by atoms with Crippen LogP contribution >= 0.6 is 0 Å². The maximum atomic E-state index is 5.70. The first-order valence-corrected chi connectivity index (χ1v) is 6.35. The maximum absolute atomic E-state index is 5.70. The van der Waals surface area contributed by atoms with E-state index < -0.39 is 0 Å². The Bertz CT molecular complexity index is 354. The molecular weight excluding hydrogens is 214 g/mol. The van der Waals surface area contributed by atoms with Gasteiger partial charge in [-0.1, -0.05) is 0 Å². The number of aromatic nitrogens is 1. The largest absolute Gasteiger partial charge is 0.377 e. The van der Waals surface area contributed by atoms with Gasteiger partial charge in [-0.25, -0.2) is 4.98 Å². The minimum Gasteiger partial charge on any atom is -0.377 e. The van der Waals surface area contributed by atoms with Crippen LogP contribution in [0.15, 0.2) is 18.3 Å². The zero-order valence-corrected chi connectivity index (χ0v) is 10.4. The second kappa shape index (κ2) is 5.98. The Kier molecular flexibility index (Phi) is 4.34. The Labute approximate surface area is 103 Å². The first kappa shape index (κ1) is 12.3. The van der Waals surface area contributed by atoms with Gasteiger partial charge in [0.2, 0.25) is 0 Å². The summed E-state index contributed by atoms with van der Waals surface area (Å²) in [4.78, 5) is 6.72. The normalized spacial score (nSPS) is 20.6. The van der Waals surface area contributed by atoms with E-state index >= 15 is 0 Å². The van der Waals surface area contributed by atoms with Crippen molar-refractivity contribution in [3.63, 3.8) is 0 Å². The molecule has 1 aromatic rings. The molecular formula is C13H21N3O. The average molecular weight is 235 g/mol. The second-order valence-corrected chi connectivity index (χ2v) is 4.39. The highest BCUT2D eigenvalue weighted by Gasteiger charge is 2.20. The predicted molar refractivity (Wildman–Crippen MR) is 69.0 cm³/mol. The van der Waals surface area contributed by atoms with Crippen molar-refractivity contribution in [3.05, 3.63) is 23.9 Å². The number of anilines is 1. The van der Waals surface area contributed by atoms with Crippen LogP contribution in [0.2, 0.25) is 0 Å². The van der Waals surface area contributed by atoms with Gasteiger partial charge in [0.25, 0.3) is 0 Å². The van der Waals surface area contributed by atoms with Crippen molar-refractivity contribution in [2.75, 3.05) is 24.6 Å². The standard InChI is InChI=1S/C13H21N3O/c1-2-17-12-4-3-7-16(10-12)13-8-11(9-14)5-6-15-13/h5-6,8,12H,2-4,7,9-10,14H2,1H3. The van der Waals surface area contributed by atoms with Crippen LogP contribution in [0.3, 0.4) is 0 Å². The molecule has 1 aliphatic heterocycles. The van der Waals surface area contributed by atoms with E-state index in [1.807, 2.05) is 19.2 Å². The number of hydrogen-bond donors (Lipinski definition) is 1. The Morgan fingerprint density at radius 1 is 1.59 bits per heavy atom. The summed E-state index contributed by atoms with van der Waals surface area (Å²) >= 11 is 0. The summed E-state index contributed by atoms with van der Waals surface area (Å²) in [5, 5.41) is 0. The van der Waals surface area contributed by atoms with Gasteiger partial charge in [0, 0.05) is 32.4 Å². The predicted octanol–water partition coefficient (Wildman–Crippen LogP) is 1.55. The number of piperidine rings is 1. The molecule has 0 aliphatic carbocycles. The van der Waals surface area contributed by atoms with E-state index in [1.165, 1.54) is 6.42 Å². The third kappa shape index (κ3) is 3.17. The Hall–Kier alpha value is -1.13. The van der Waals surface area contributed by atoms with Crippen LogP contribution in [0.5, 0.6) is 0 Å². The summed E-state index contributed by atoms with van der Waals surface area (Å²) in [6, 6.07) is 4.04. The summed E-state index contributed by atoms with van der Waals surface area (Å²) in [6.07, 6.45) is 4.50. The lowest BCUT2D eigenvalue weighted by atomic mass is 10.1. The van der Waals surface area contributed by atoms with Crippen molar-refractivity contribution < 1.29 is 4.74 Å². The van der Waals surface area contributed by atoms with Crippen molar-refractivity contribution in [1.29, 1.82) is 0 Å². The fourth-order valence-corrected chi connectivity index (χ4v) is 2.28. The fraction of sp³-hybridized carbons (Fsp3) is 0.615. The summed E-state index contributed by atoms with van der Waals surface area (Å²) in [7, 11) is 0. The highest BCUT2D eigenvalue weighted by molar-refractivity contribution is 5.41. The minimum atomic E-state index is 0.345. The maximum Gasteiger partial charge on any atom is 0.128 e. The van der Waals surface area contributed by atoms with E-state index in [0.717, 1.165) is 37.5 Å². The molecule has 0 bridgehead atoms. The van der Waals surface area contributed by atoms with Crippen molar-refractivity contribution >= 4 is 5.82 Å². The molecule has 17 heavy (non-hydrogen) atoms. The molecule has 94 valence electrons. The molecule has 1 fully saturated rings. The van der Waals surface area contributed by atoms with Gasteiger partial charge in [-0.3, -0.25) is 0 Å². The van der Waals surface area contributed by atoms with Gasteiger partial charge in [0.05, 0.1) is 6.10 Å². The molecule has 0 spiro atoms. The number of ether oxygens (including phenoxy) is 1. The molecule has 0 amide bonds. The average Bonchev–Trinajstić information content (AvgIpc) is 2.40. The van der Waals surface area contributed by atoms with Gasteiger partial charge in [0.1, 0.15) is 5.82 Å². The number of nitrogens with two attached hydrogens (primary N) is 1. The van der Waals surface area contributed by atoms with E-state index in [2.05, 4.69) is 16.0 Å². The van der Waals surface area contributed by atoms with Crippen LogP contribution in [0.25, 0.3) is 0 Å². The molecule has 2 heterocycles. The summed E-state index contributed by atoms with van der Waals surface area (Å²) in [6.45, 7) is 5.40. The molecule has 1 unspecified atom stereocenters. The molecule has 4 heteroatoms. The van der Waals surface area contributed by atoms with Crippen LogP contribution in [-0.4, -0.2) is 30.8 Å². The monoisotopic (exact) mass is 235 g/mol.